The van der Waals surface area contributed by atoms with E-state index >= 15 is 0 Å². The summed E-state index contributed by atoms with van der Waals surface area (Å²) in [7, 11) is 0. The van der Waals surface area contributed by atoms with Gasteiger partial charge in [0.1, 0.15) is 0 Å². The number of carbonyl (C=O) groups excluding carboxylic acids is 1. The number of hydrogen-bond donors (Lipinski definition) is 1. The number of hydrogen-bond acceptors (Lipinski definition) is 3. The first-order valence-corrected chi connectivity index (χ1v) is 6.36. The number of morpholine rings is 1. The van der Waals surface area contributed by atoms with Gasteiger partial charge in [-0.1, -0.05) is 30.3 Å². The minimum Gasteiger partial charge on any atom is -0.388 e. The fourth-order valence-corrected chi connectivity index (χ4v) is 2.07. The van der Waals surface area contributed by atoms with Gasteiger partial charge in [0.2, 0.25) is 5.91 Å². The van der Waals surface area contributed by atoms with Crippen LogP contribution in [0.15, 0.2) is 30.3 Å². The maximum absolute atomic E-state index is 11.9. The lowest BCUT2D eigenvalue weighted by molar-refractivity contribution is -0.135. The Morgan fingerprint density at radius 3 is 2.61 bits per heavy atom. The highest BCUT2D eigenvalue weighted by Crippen LogP contribution is 2.18. The van der Waals surface area contributed by atoms with Gasteiger partial charge in [0.15, 0.2) is 0 Å². The summed E-state index contributed by atoms with van der Waals surface area (Å²) in [4.78, 5) is 13.7. The number of carbonyl (C=O) groups is 1. The summed E-state index contributed by atoms with van der Waals surface area (Å²) >= 11 is 0. The minimum atomic E-state index is -0.559. The van der Waals surface area contributed by atoms with Crippen molar-refractivity contribution in [2.24, 2.45) is 0 Å². The molecule has 1 unspecified atom stereocenters. The van der Waals surface area contributed by atoms with E-state index in [1.807, 2.05) is 30.3 Å². The first-order chi connectivity index (χ1) is 8.77. The molecule has 0 radical (unpaired) electrons. The number of aliphatic hydroxyl groups excluding tert-OH is 1. The normalized spacial score (nSPS) is 17.5. The third-order valence-corrected chi connectivity index (χ3v) is 3.18. The smallest absolute Gasteiger partial charge is 0.222 e. The Morgan fingerprint density at radius 1 is 1.28 bits per heavy atom. The molecule has 2 rings (SSSR count). The summed E-state index contributed by atoms with van der Waals surface area (Å²) in [5, 5.41) is 9.97. The van der Waals surface area contributed by atoms with Gasteiger partial charge < -0.3 is 14.7 Å². The number of nitrogens with zero attached hydrogens (tertiary/aromatic N) is 1. The van der Waals surface area contributed by atoms with Crippen LogP contribution in [0.5, 0.6) is 0 Å². The number of ether oxygens (including phenoxy) is 1. The van der Waals surface area contributed by atoms with Gasteiger partial charge in [-0.15, -0.1) is 0 Å². The second-order valence-corrected chi connectivity index (χ2v) is 4.46. The van der Waals surface area contributed by atoms with Crippen molar-refractivity contribution in [3.63, 3.8) is 0 Å². The largest absolute Gasteiger partial charge is 0.388 e. The second kappa shape index (κ2) is 6.52. The first kappa shape index (κ1) is 13.1. The predicted octanol–water partition coefficient (Wildman–Crippen LogP) is 1.36. The molecule has 0 aromatic heterocycles. The third-order valence-electron chi connectivity index (χ3n) is 3.18. The van der Waals surface area contributed by atoms with E-state index in [2.05, 4.69) is 0 Å². The lowest BCUT2D eigenvalue weighted by Gasteiger charge is -2.27. The van der Waals surface area contributed by atoms with Crippen molar-refractivity contribution in [1.29, 1.82) is 0 Å². The van der Waals surface area contributed by atoms with E-state index in [1.54, 1.807) is 4.90 Å². The van der Waals surface area contributed by atoms with Gasteiger partial charge in [-0.2, -0.15) is 0 Å². The van der Waals surface area contributed by atoms with Crippen molar-refractivity contribution in [2.45, 2.75) is 18.9 Å². The molecule has 1 saturated heterocycles. The van der Waals surface area contributed by atoms with Crippen molar-refractivity contribution < 1.29 is 14.6 Å². The molecule has 0 saturated carbocycles. The van der Waals surface area contributed by atoms with Crippen molar-refractivity contribution in [3.8, 4) is 0 Å². The van der Waals surface area contributed by atoms with E-state index in [4.69, 9.17) is 4.74 Å². The Kier molecular flexibility index (Phi) is 4.73. The lowest BCUT2D eigenvalue weighted by atomic mass is 10.0. The van der Waals surface area contributed by atoms with Gasteiger partial charge in [-0.3, -0.25) is 4.79 Å². The van der Waals surface area contributed by atoms with Crippen molar-refractivity contribution in [2.75, 3.05) is 26.3 Å². The maximum Gasteiger partial charge on any atom is 0.222 e. The molecule has 4 nitrogen and oxygen atoms in total. The monoisotopic (exact) mass is 249 g/mol. The van der Waals surface area contributed by atoms with Gasteiger partial charge in [0.25, 0.3) is 0 Å². The van der Waals surface area contributed by atoms with Crippen LogP contribution < -0.4 is 0 Å². The highest BCUT2D eigenvalue weighted by atomic mass is 16.5. The topological polar surface area (TPSA) is 49.8 Å². The second-order valence-electron chi connectivity index (χ2n) is 4.46. The van der Waals surface area contributed by atoms with Crippen LogP contribution in [-0.4, -0.2) is 42.2 Å². The molecule has 18 heavy (non-hydrogen) atoms. The van der Waals surface area contributed by atoms with Gasteiger partial charge in [-0.25, -0.2) is 0 Å². The third kappa shape index (κ3) is 3.55. The molecule has 1 aliphatic rings. The Bertz CT molecular complexity index is 374. The molecular formula is C14H19NO3. The zero-order chi connectivity index (χ0) is 12.8. The van der Waals surface area contributed by atoms with Crippen LogP contribution in [0.25, 0.3) is 0 Å². The SMILES string of the molecule is O=C(CCC(O)c1ccccc1)N1CCOCC1. The number of aliphatic hydroxyl groups is 1. The number of rotatable bonds is 4. The van der Waals surface area contributed by atoms with E-state index in [0.717, 1.165) is 5.56 Å². The molecule has 4 heteroatoms. The Morgan fingerprint density at radius 2 is 1.94 bits per heavy atom. The number of benzene rings is 1. The zero-order valence-electron chi connectivity index (χ0n) is 10.4. The number of amides is 1. The van der Waals surface area contributed by atoms with Gasteiger partial charge >= 0.3 is 0 Å². The van der Waals surface area contributed by atoms with Crippen molar-refractivity contribution in [3.05, 3.63) is 35.9 Å². The van der Waals surface area contributed by atoms with Gasteiger partial charge in [0.05, 0.1) is 19.3 Å². The summed E-state index contributed by atoms with van der Waals surface area (Å²) in [5.41, 5.74) is 0.868. The maximum atomic E-state index is 11.9. The fourth-order valence-electron chi connectivity index (χ4n) is 2.07. The summed E-state index contributed by atoms with van der Waals surface area (Å²) in [5.74, 6) is 0.105. The molecule has 1 fully saturated rings. The molecule has 1 aromatic rings. The summed E-state index contributed by atoms with van der Waals surface area (Å²) in [6.45, 7) is 2.57. The molecule has 1 amide bonds. The van der Waals surface area contributed by atoms with Crippen LogP contribution in [0.1, 0.15) is 24.5 Å². The molecule has 1 aromatic carbocycles. The Labute approximate surface area is 107 Å². The van der Waals surface area contributed by atoms with Gasteiger partial charge in [-0.05, 0) is 12.0 Å². The van der Waals surface area contributed by atoms with E-state index < -0.39 is 6.10 Å². The quantitative estimate of drug-likeness (QED) is 0.876. The highest BCUT2D eigenvalue weighted by molar-refractivity contribution is 5.76. The molecule has 1 heterocycles. The molecule has 0 spiro atoms. The van der Waals surface area contributed by atoms with E-state index in [0.29, 0.717) is 39.1 Å². The van der Waals surface area contributed by atoms with Crippen LogP contribution in [0.3, 0.4) is 0 Å². The minimum absolute atomic E-state index is 0.105. The van der Waals surface area contributed by atoms with Crippen molar-refractivity contribution >= 4 is 5.91 Å². The standard InChI is InChI=1S/C14H19NO3/c16-13(12-4-2-1-3-5-12)6-7-14(17)15-8-10-18-11-9-15/h1-5,13,16H,6-11H2. The van der Waals surface area contributed by atoms with E-state index in [-0.39, 0.29) is 5.91 Å². The summed E-state index contributed by atoms with van der Waals surface area (Å²) < 4.78 is 5.20. The lowest BCUT2D eigenvalue weighted by Crippen LogP contribution is -2.40. The Hall–Kier alpha value is -1.39. The summed E-state index contributed by atoms with van der Waals surface area (Å²) in [6.07, 6.45) is 0.298. The van der Waals surface area contributed by atoms with E-state index in [1.165, 1.54) is 0 Å². The zero-order valence-corrected chi connectivity index (χ0v) is 10.4. The average molecular weight is 249 g/mol. The molecule has 1 N–H and O–H groups in total. The van der Waals surface area contributed by atoms with Crippen LogP contribution in [0.2, 0.25) is 0 Å². The molecular weight excluding hydrogens is 230 g/mol. The summed E-state index contributed by atoms with van der Waals surface area (Å²) in [6, 6.07) is 9.45. The molecule has 1 atom stereocenters. The van der Waals surface area contributed by atoms with Gasteiger partial charge in [0, 0.05) is 19.5 Å². The van der Waals surface area contributed by atoms with E-state index in [9.17, 15) is 9.90 Å². The average Bonchev–Trinajstić information content (AvgIpc) is 2.46. The first-order valence-electron chi connectivity index (χ1n) is 6.36. The molecule has 1 aliphatic heterocycles. The Balaban J connectivity index is 1.78. The molecule has 98 valence electrons. The molecule has 0 aliphatic carbocycles. The van der Waals surface area contributed by atoms with Crippen LogP contribution in [0.4, 0.5) is 0 Å². The highest BCUT2D eigenvalue weighted by Gasteiger charge is 2.18. The predicted molar refractivity (Wildman–Crippen MR) is 68.0 cm³/mol. The van der Waals surface area contributed by atoms with Crippen molar-refractivity contribution in [1.82, 2.24) is 4.90 Å². The van der Waals surface area contributed by atoms with Crippen LogP contribution in [-0.2, 0) is 9.53 Å². The van der Waals surface area contributed by atoms with Crippen LogP contribution in [0, 0.1) is 0 Å². The molecule has 0 bridgehead atoms. The van der Waals surface area contributed by atoms with Crippen LogP contribution >= 0.6 is 0 Å². The fraction of sp³-hybridized carbons (Fsp3) is 0.500.